The van der Waals surface area contributed by atoms with Crippen molar-refractivity contribution in [1.29, 1.82) is 0 Å². The Hall–Kier alpha value is -0.940. The smallest absolute Gasteiger partial charge is 0.166 e. The summed E-state index contributed by atoms with van der Waals surface area (Å²) in [4.78, 5) is 11.5. The largest absolute Gasteiger partial charge is 0.489 e. The van der Waals surface area contributed by atoms with E-state index in [4.69, 9.17) is 9.47 Å². The second-order valence-corrected chi connectivity index (χ2v) is 5.16. The van der Waals surface area contributed by atoms with Crippen LogP contribution in [0.4, 0.5) is 4.39 Å². The predicted octanol–water partition coefficient (Wildman–Crippen LogP) is 3.35. The Bertz CT molecular complexity index is 456. The van der Waals surface area contributed by atoms with Crippen molar-refractivity contribution in [3.8, 4) is 5.75 Å². The van der Waals surface area contributed by atoms with Crippen LogP contribution < -0.4 is 4.74 Å². The van der Waals surface area contributed by atoms with Gasteiger partial charge in [-0.2, -0.15) is 0 Å². The van der Waals surface area contributed by atoms with E-state index < -0.39 is 5.82 Å². The summed E-state index contributed by atoms with van der Waals surface area (Å²) in [5, 5.41) is 0. The molecule has 3 nitrogen and oxygen atoms in total. The van der Waals surface area contributed by atoms with Gasteiger partial charge in [0.05, 0.1) is 18.8 Å². The van der Waals surface area contributed by atoms with Crippen LogP contribution in [0.15, 0.2) is 16.6 Å². The summed E-state index contributed by atoms with van der Waals surface area (Å²) in [7, 11) is 0. The Balaban J connectivity index is 2.27. The fourth-order valence-electron chi connectivity index (χ4n) is 1.96. The Morgan fingerprint density at radius 3 is 2.72 bits per heavy atom. The summed E-state index contributed by atoms with van der Waals surface area (Å²) in [6, 6.07) is 2.91. The van der Waals surface area contributed by atoms with Crippen molar-refractivity contribution in [1.82, 2.24) is 0 Å². The van der Waals surface area contributed by atoms with E-state index in [9.17, 15) is 9.18 Å². The Labute approximate surface area is 113 Å². The van der Waals surface area contributed by atoms with Crippen LogP contribution in [0.5, 0.6) is 5.75 Å². The van der Waals surface area contributed by atoms with Crippen LogP contribution in [-0.2, 0) is 4.74 Å². The summed E-state index contributed by atoms with van der Waals surface area (Å²) in [5.74, 6) is -0.581. The molecule has 0 atom stereocenters. The van der Waals surface area contributed by atoms with Gasteiger partial charge in [-0.25, -0.2) is 4.39 Å². The SMILES string of the molecule is CC(=O)c1c(F)cc(Br)cc1OC1CCOCC1. The number of ketones is 1. The monoisotopic (exact) mass is 316 g/mol. The molecule has 1 aliphatic heterocycles. The first-order valence-electron chi connectivity index (χ1n) is 5.82. The molecule has 0 saturated carbocycles. The molecule has 0 N–H and O–H groups in total. The minimum atomic E-state index is -0.557. The molecule has 1 aromatic rings. The number of hydrogen-bond acceptors (Lipinski definition) is 3. The van der Waals surface area contributed by atoms with Crippen molar-refractivity contribution >= 4 is 21.7 Å². The second-order valence-electron chi connectivity index (χ2n) is 4.25. The van der Waals surface area contributed by atoms with Gasteiger partial charge in [-0.1, -0.05) is 15.9 Å². The number of carbonyl (C=O) groups excluding carboxylic acids is 1. The van der Waals surface area contributed by atoms with Crippen LogP contribution in [0.2, 0.25) is 0 Å². The van der Waals surface area contributed by atoms with Crippen LogP contribution in [0.25, 0.3) is 0 Å². The molecule has 1 heterocycles. The molecule has 2 rings (SSSR count). The standard InChI is InChI=1S/C13H14BrFO3/c1-8(16)13-11(15)6-9(14)7-12(13)18-10-2-4-17-5-3-10/h6-7,10H,2-5H2,1H3. The molecule has 98 valence electrons. The molecule has 0 radical (unpaired) electrons. The van der Waals surface area contributed by atoms with Crippen molar-refractivity contribution in [2.45, 2.75) is 25.9 Å². The van der Waals surface area contributed by atoms with E-state index in [1.165, 1.54) is 13.0 Å². The Morgan fingerprint density at radius 1 is 1.44 bits per heavy atom. The minimum absolute atomic E-state index is 0.0182. The number of carbonyl (C=O) groups is 1. The van der Waals surface area contributed by atoms with E-state index in [0.29, 0.717) is 23.4 Å². The molecule has 1 aliphatic rings. The van der Waals surface area contributed by atoms with Gasteiger partial charge >= 0.3 is 0 Å². The van der Waals surface area contributed by atoms with Gasteiger partial charge in [0.2, 0.25) is 0 Å². The summed E-state index contributed by atoms with van der Waals surface area (Å²) in [5.41, 5.74) is 0.0182. The zero-order valence-electron chi connectivity index (χ0n) is 10.0. The molecule has 1 aromatic carbocycles. The maximum Gasteiger partial charge on any atom is 0.166 e. The summed E-state index contributed by atoms with van der Waals surface area (Å²) < 4.78 is 25.3. The highest BCUT2D eigenvalue weighted by molar-refractivity contribution is 9.10. The number of rotatable bonds is 3. The lowest BCUT2D eigenvalue weighted by Crippen LogP contribution is -2.26. The van der Waals surface area contributed by atoms with Crippen molar-refractivity contribution in [3.05, 3.63) is 28.0 Å². The number of Topliss-reactive ketones (excluding diaryl/α,β-unsaturated/α-hetero) is 1. The average molecular weight is 317 g/mol. The third-order valence-corrected chi connectivity index (χ3v) is 3.29. The third-order valence-electron chi connectivity index (χ3n) is 2.83. The van der Waals surface area contributed by atoms with E-state index in [1.54, 1.807) is 6.07 Å². The molecule has 1 fully saturated rings. The molecule has 0 bridgehead atoms. The first-order chi connectivity index (χ1) is 8.58. The maximum atomic E-state index is 13.8. The molecule has 0 amide bonds. The minimum Gasteiger partial charge on any atom is -0.489 e. The quantitative estimate of drug-likeness (QED) is 0.802. The van der Waals surface area contributed by atoms with Crippen molar-refractivity contribution in [2.75, 3.05) is 13.2 Å². The molecular weight excluding hydrogens is 303 g/mol. The lowest BCUT2D eigenvalue weighted by atomic mass is 10.1. The van der Waals surface area contributed by atoms with Gasteiger partial charge in [0, 0.05) is 17.3 Å². The zero-order valence-corrected chi connectivity index (χ0v) is 11.6. The molecular formula is C13H14BrFO3. The highest BCUT2D eigenvalue weighted by Crippen LogP contribution is 2.29. The van der Waals surface area contributed by atoms with Crippen LogP contribution in [0, 0.1) is 5.82 Å². The van der Waals surface area contributed by atoms with E-state index >= 15 is 0 Å². The summed E-state index contributed by atoms with van der Waals surface area (Å²) in [6.07, 6.45) is 1.49. The van der Waals surface area contributed by atoms with Gasteiger partial charge in [-0.05, 0) is 19.1 Å². The van der Waals surface area contributed by atoms with Crippen molar-refractivity contribution in [2.24, 2.45) is 0 Å². The Kier molecular flexibility index (Phi) is 4.35. The van der Waals surface area contributed by atoms with Crippen molar-refractivity contribution < 1.29 is 18.7 Å². The van der Waals surface area contributed by atoms with E-state index in [-0.39, 0.29) is 17.5 Å². The number of benzene rings is 1. The first kappa shape index (κ1) is 13.5. The molecule has 18 heavy (non-hydrogen) atoms. The van der Waals surface area contributed by atoms with Gasteiger partial charge in [-0.3, -0.25) is 4.79 Å². The van der Waals surface area contributed by atoms with Crippen LogP contribution in [-0.4, -0.2) is 25.1 Å². The third kappa shape index (κ3) is 3.09. The van der Waals surface area contributed by atoms with E-state index in [2.05, 4.69) is 15.9 Å². The highest BCUT2D eigenvalue weighted by atomic mass is 79.9. The molecule has 0 unspecified atom stereocenters. The second kappa shape index (κ2) is 5.80. The highest BCUT2D eigenvalue weighted by Gasteiger charge is 2.21. The number of hydrogen-bond donors (Lipinski definition) is 0. The van der Waals surface area contributed by atoms with Crippen LogP contribution >= 0.6 is 15.9 Å². The van der Waals surface area contributed by atoms with Crippen molar-refractivity contribution in [3.63, 3.8) is 0 Å². The topological polar surface area (TPSA) is 35.5 Å². The van der Waals surface area contributed by atoms with Gasteiger partial charge in [-0.15, -0.1) is 0 Å². The normalized spacial score (nSPS) is 16.6. The van der Waals surface area contributed by atoms with E-state index in [1.807, 2.05) is 0 Å². The predicted molar refractivity (Wildman–Crippen MR) is 68.6 cm³/mol. The summed E-state index contributed by atoms with van der Waals surface area (Å²) in [6.45, 7) is 2.61. The molecule has 0 spiro atoms. The zero-order chi connectivity index (χ0) is 13.1. The fraction of sp³-hybridized carbons (Fsp3) is 0.462. The lowest BCUT2D eigenvalue weighted by Gasteiger charge is -2.24. The molecule has 1 saturated heterocycles. The number of halogens is 2. The van der Waals surface area contributed by atoms with E-state index in [0.717, 1.165) is 12.8 Å². The summed E-state index contributed by atoms with van der Waals surface area (Å²) >= 11 is 3.21. The van der Waals surface area contributed by atoms with Gasteiger partial charge < -0.3 is 9.47 Å². The van der Waals surface area contributed by atoms with Crippen LogP contribution in [0.1, 0.15) is 30.1 Å². The maximum absolute atomic E-state index is 13.8. The van der Waals surface area contributed by atoms with Gasteiger partial charge in [0.1, 0.15) is 17.7 Å². The Morgan fingerprint density at radius 2 is 2.11 bits per heavy atom. The molecule has 0 aliphatic carbocycles. The van der Waals surface area contributed by atoms with Crippen LogP contribution in [0.3, 0.4) is 0 Å². The number of ether oxygens (including phenoxy) is 2. The average Bonchev–Trinajstić information content (AvgIpc) is 2.28. The molecule has 0 aromatic heterocycles. The fourth-order valence-corrected chi connectivity index (χ4v) is 2.37. The van der Waals surface area contributed by atoms with Gasteiger partial charge in [0.15, 0.2) is 5.78 Å². The molecule has 5 heteroatoms. The van der Waals surface area contributed by atoms with Gasteiger partial charge in [0.25, 0.3) is 0 Å². The first-order valence-corrected chi connectivity index (χ1v) is 6.61. The lowest BCUT2D eigenvalue weighted by molar-refractivity contribution is 0.0251.